The number of rotatable bonds is 5. The van der Waals surface area contributed by atoms with Crippen LogP contribution in [0.4, 0.5) is 11.4 Å². The van der Waals surface area contributed by atoms with Crippen LogP contribution in [-0.2, 0) is 15.4 Å². The second kappa shape index (κ2) is 8.54. The van der Waals surface area contributed by atoms with Crippen molar-refractivity contribution in [1.29, 1.82) is 0 Å². The summed E-state index contributed by atoms with van der Waals surface area (Å²) in [6, 6.07) is 11.7. The zero-order chi connectivity index (χ0) is 25.7. The molecule has 0 atom stereocenters. The van der Waals surface area contributed by atoms with Crippen LogP contribution >= 0.6 is 11.6 Å². The van der Waals surface area contributed by atoms with Gasteiger partial charge in [-0.1, -0.05) is 44.5 Å². The van der Waals surface area contributed by atoms with Gasteiger partial charge in [0.2, 0.25) is 11.8 Å². The zero-order valence-corrected chi connectivity index (χ0v) is 20.9. The summed E-state index contributed by atoms with van der Waals surface area (Å²) in [4.78, 5) is 30.9. The summed E-state index contributed by atoms with van der Waals surface area (Å²) >= 11 is 6.22. The molecule has 0 radical (unpaired) electrons. The van der Waals surface area contributed by atoms with Gasteiger partial charge in [-0.05, 0) is 41.3 Å². The van der Waals surface area contributed by atoms with Crippen LogP contribution in [-0.4, -0.2) is 37.4 Å². The molecule has 1 aliphatic heterocycles. The van der Waals surface area contributed by atoms with Gasteiger partial charge in [-0.2, -0.15) is 4.98 Å². The quantitative estimate of drug-likeness (QED) is 0.484. The molecule has 4 rings (SSSR count). The lowest BCUT2D eigenvalue weighted by Crippen LogP contribution is -2.30. The number of pyridine rings is 1. The molecule has 2 heterocycles. The fourth-order valence-electron chi connectivity index (χ4n) is 3.68. The monoisotopic (exact) mass is 515 g/mol. The van der Waals surface area contributed by atoms with Crippen molar-refractivity contribution in [2.75, 3.05) is 16.7 Å². The molecule has 182 valence electrons. The zero-order valence-electron chi connectivity index (χ0n) is 19.3. The minimum Gasteiger partial charge on any atom is -0.492 e. The number of fused-ring (bicyclic) bond motifs is 1. The van der Waals surface area contributed by atoms with Gasteiger partial charge >= 0.3 is 0 Å². The van der Waals surface area contributed by atoms with Gasteiger partial charge in [-0.25, -0.2) is 13.3 Å². The van der Waals surface area contributed by atoms with Gasteiger partial charge in [-0.3, -0.25) is 14.3 Å². The van der Waals surface area contributed by atoms with Gasteiger partial charge in [0.15, 0.2) is 0 Å². The summed E-state index contributed by atoms with van der Waals surface area (Å²) in [6.07, 6.45) is 0. The number of benzene rings is 2. The molecule has 0 bridgehead atoms. The number of halogens is 1. The normalized spacial score (nSPS) is 13.7. The first-order valence-electron chi connectivity index (χ1n) is 10.4. The fourth-order valence-corrected chi connectivity index (χ4v) is 4.99. The smallest absolute Gasteiger partial charge is 0.268 e. The lowest BCUT2D eigenvalue weighted by molar-refractivity contribution is 0.0925. The van der Waals surface area contributed by atoms with Crippen LogP contribution in [0.25, 0.3) is 0 Å². The highest BCUT2D eigenvalue weighted by Crippen LogP contribution is 2.40. The Hall–Kier alpha value is -3.63. The first-order valence-corrected chi connectivity index (χ1v) is 12.3. The number of carbonyl (C=O) groups is 2. The minimum atomic E-state index is -4.10. The predicted molar refractivity (Wildman–Crippen MR) is 131 cm³/mol. The largest absolute Gasteiger partial charge is 0.492 e. The Morgan fingerprint density at radius 2 is 1.60 bits per heavy atom. The number of anilines is 2. The maximum absolute atomic E-state index is 13.3. The molecule has 2 aromatic carbocycles. The van der Waals surface area contributed by atoms with Gasteiger partial charge in [0.05, 0.1) is 33.8 Å². The highest BCUT2D eigenvalue weighted by Gasteiger charge is 2.42. The number of aromatic hydroxyl groups is 1. The number of methoxy groups -OCH3 is 1. The summed E-state index contributed by atoms with van der Waals surface area (Å²) in [5, 5.41) is 10.2. The molecule has 0 fully saturated rings. The van der Waals surface area contributed by atoms with E-state index < -0.39 is 27.7 Å². The third-order valence-corrected chi connectivity index (χ3v) is 7.24. The minimum absolute atomic E-state index is 0.0140. The van der Waals surface area contributed by atoms with E-state index in [2.05, 4.69) is 9.71 Å². The second-order valence-corrected chi connectivity index (χ2v) is 11.0. The van der Waals surface area contributed by atoms with Crippen molar-refractivity contribution in [2.45, 2.75) is 31.1 Å². The van der Waals surface area contributed by atoms with Crippen LogP contribution in [0.15, 0.2) is 53.4 Å². The number of hydrogen-bond donors (Lipinski definition) is 2. The van der Waals surface area contributed by atoms with E-state index in [1.807, 2.05) is 20.8 Å². The molecular weight excluding hydrogens is 494 g/mol. The SMILES string of the molecule is COc1ccc(N2C(=O)c3c(Cl)ccc(NS(=O)(=O)c4ccc(C(C)(C)C)cc4)c3C2=O)c(O)n1. The Balaban J connectivity index is 1.74. The number of amides is 2. The van der Waals surface area contributed by atoms with Gasteiger partial charge in [0, 0.05) is 6.07 Å². The summed E-state index contributed by atoms with van der Waals surface area (Å²) in [7, 11) is -2.76. The number of sulfonamides is 1. The Kier molecular flexibility index (Phi) is 5.98. The molecule has 9 nitrogen and oxygen atoms in total. The summed E-state index contributed by atoms with van der Waals surface area (Å²) < 4.78 is 33.5. The summed E-state index contributed by atoms with van der Waals surface area (Å²) in [5.41, 5.74) is 0.0619. The highest BCUT2D eigenvalue weighted by atomic mass is 35.5. The van der Waals surface area contributed by atoms with Gasteiger partial charge < -0.3 is 9.84 Å². The molecule has 0 saturated carbocycles. The third-order valence-electron chi connectivity index (χ3n) is 5.54. The molecule has 2 N–H and O–H groups in total. The van der Waals surface area contributed by atoms with Crippen molar-refractivity contribution in [3.05, 3.63) is 70.2 Å². The van der Waals surface area contributed by atoms with Crippen molar-refractivity contribution in [1.82, 2.24) is 4.98 Å². The van der Waals surface area contributed by atoms with Crippen molar-refractivity contribution in [3.8, 4) is 11.8 Å². The standard InChI is InChI=1S/C24H22ClN3O6S/c1-24(2,3)13-5-7-14(8-6-13)35(32,33)27-16-10-9-15(25)19-20(16)23(31)28(22(19)30)17-11-12-18(34-4)26-21(17)29/h5-12,27H,1-4H3,(H,26,29). The molecule has 0 unspecified atom stereocenters. The molecule has 1 aliphatic rings. The topological polar surface area (TPSA) is 126 Å². The van der Waals surface area contributed by atoms with Gasteiger partial charge in [0.1, 0.15) is 5.69 Å². The van der Waals surface area contributed by atoms with E-state index in [-0.39, 0.29) is 43.7 Å². The van der Waals surface area contributed by atoms with E-state index in [4.69, 9.17) is 16.3 Å². The number of nitrogens with zero attached hydrogens (tertiary/aromatic N) is 2. The van der Waals surface area contributed by atoms with E-state index in [9.17, 15) is 23.1 Å². The van der Waals surface area contributed by atoms with Crippen LogP contribution in [0, 0.1) is 0 Å². The molecule has 0 spiro atoms. The Morgan fingerprint density at radius 3 is 2.17 bits per heavy atom. The van der Waals surface area contributed by atoms with E-state index in [1.54, 1.807) is 12.1 Å². The summed E-state index contributed by atoms with van der Waals surface area (Å²) in [6.45, 7) is 6.03. The second-order valence-electron chi connectivity index (χ2n) is 8.87. The van der Waals surface area contributed by atoms with Gasteiger partial charge in [0.25, 0.3) is 21.8 Å². The van der Waals surface area contributed by atoms with Crippen molar-refractivity contribution < 1.29 is 27.9 Å². The number of ether oxygens (including phenoxy) is 1. The molecular formula is C24H22ClN3O6S. The average Bonchev–Trinajstić information content (AvgIpc) is 3.06. The molecule has 0 aliphatic carbocycles. The van der Waals surface area contributed by atoms with Crippen LogP contribution in [0.1, 0.15) is 47.1 Å². The van der Waals surface area contributed by atoms with Crippen LogP contribution in [0.3, 0.4) is 0 Å². The fraction of sp³-hybridized carbons (Fsp3) is 0.208. The van der Waals surface area contributed by atoms with E-state index in [0.29, 0.717) is 4.90 Å². The highest BCUT2D eigenvalue weighted by molar-refractivity contribution is 7.92. The van der Waals surface area contributed by atoms with Crippen LogP contribution in [0.2, 0.25) is 5.02 Å². The van der Waals surface area contributed by atoms with Crippen molar-refractivity contribution in [2.24, 2.45) is 0 Å². The average molecular weight is 516 g/mol. The molecule has 11 heteroatoms. The maximum Gasteiger partial charge on any atom is 0.268 e. The Bertz CT molecular complexity index is 1460. The molecule has 35 heavy (non-hydrogen) atoms. The van der Waals surface area contributed by atoms with Gasteiger partial charge in [-0.15, -0.1) is 0 Å². The molecule has 0 saturated heterocycles. The molecule has 1 aromatic heterocycles. The Morgan fingerprint density at radius 1 is 0.971 bits per heavy atom. The number of carbonyl (C=O) groups excluding carboxylic acids is 2. The summed E-state index contributed by atoms with van der Waals surface area (Å²) in [5.74, 6) is -2.23. The maximum atomic E-state index is 13.3. The number of imide groups is 1. The first kappa shape index (κ1) is 24.5. The third kappa shape index (κ3) is 4.30. The predicted octanol–water partition coefficient (Wildman–Crippen LogP) is 4.35. The van der Waals surface area contributed by atoms with E-state index in [1.165, 1.54) is 43.5 Å². The van der Waals surface area contributed by atoms with Crippen molar-refractivity contribution in [3.63, 3.8) is 0 Å². The van der Waals surface area contributed by atoms with E-state index in [0.717, 1.165) is 5.56 Å². The Labute approximate surface area is 207 Å². The van der Waals surface area contributed by atoms with E-state index >= 15 is 0 Å². The first-order chi connectivity index (χ1) is 16.3. The van der Waals surface area contributed by atoms with Crippen molar-refractivity contribution >= 4 is 44.8 Å². The number of aromatic nitrogens is 1. The molecule has 3 aromatic rings. The number of nitrogens with one attached hydrogen (secondary N) is 1. The lowest BCUT2D eigenvalue weighted by atomic mass is 9.87. The lowest BCUT2D eigenvalue weighted by Gasteiger charge is -2.19. The number of hydrogen-bond acceptors (Lipinski definition) is 7. The van der Waals surface area contributed by atoms with Crippen LogP contribution < -0.4 is 14.4 Å². The molecule has 2 amide bonds. The van der Waals surface area contributed by atoms with Crippen LogP contribution in [0.5, 0.6) is 11.8 Å².